The van der Waals surface area contributed by atoms with Crippen LogP contribution in [-0.4, -0.2) is 14.3 Å². The predicted octanol–water partition coefficient (Wildman–Crippen LogP) is 2.03. The summed E-state index contributed by atoms with van der Waals surface area (Å²) in [5, 5.41) is 7.79. The second kappa shape index (κ2) is 6.38. The average molecular weight is 369 g/mol. The van der Waals surface area contributed by atoms with E-state index in [1.54, 1.807) is 30.3 Å². The summed E-state index contributed by atoms with van der Waals surface area (Å²) in [4.78, 5) is 12.0. The standard InChI is InChI=1S/C14H13BrN2O3S/c15-12-5-2-4-11(8-12)14(18)17-9-10-3-1-6-13(7-10)21(16,19)20/h1-8H,9H2,(H,17,18)(H2,16,19,20). The molecule has 0 unspecified atom stereocenters. The van der Waals surface area contributed by atoms with E-state index in [0.29, 0.717) is 11.1 Å². The Balaban J connectivity index is 2.08. The van der Waals surface area contributed by atoms with Crippen molar-refractivity contribution in [3.8, 4) is 0 Å². The van der Waals surface area contributed by atoms with Gasteiger partial charge in [0.25, 0.3) is 5.91 Å². The molecule has 5 nitrogen and oxygen atoms in total. The van der Waals surface area contributed by atoms with Crippen LogP contribution in [0.1, 0.15) is 15.9 Å². The summed E-state index contributed by atoms with van der Waals surface area (Å²) in [7, 11) is -3.74. The highest BCUT2D eigenvalue weighted by Gasteiger charge is 2.09. The summed E-state index contributed by atoms with van der Waals surface area (Å²) in [6.45, 7) is 0.217. The number of carbonyl (C=O) groups excluding carboxylic acids is 1. The van der Waals surface area contributed by atoms with E-state index in [9.17, 15) is 13.2 Å². The van der Waals surface area contributed by atoms with E-state index in [2.05, 4.69) is 21.2 Å². The monoisotopic (exact) mass is 368 g/mol. The molecular weight excluding hydrogens is 356 g/mol. The Bertz CT molecular complexity index is 775. The Hall–Kier alpha value is -1.70. The lowest BCUT2D eigenvalue weighted by atomic mass is 10.2. The van der Waals surface area contributed by atoms with E-state index >= 15 is 0 Å². The van der Waals surface area contributed by atoms with Crippen molar-refractivity contribution in [2.45, 2.75) is 11.4 Å². The van der Waals surface area contributed by atoms with Crippen molar-refractivity contribution >= 4 is 31.9 Å². The normalized spacial score (nSPS) is 11.1. The van der Waals surface area contributed by atoms with E-state index in [1.165, 1.54) is 12.1 Å². The molecule has 0 radical (unpaired) electrons. The second-order valence-corrected chi connectivity index (χ2v) is 6.86. The van der Waals surface area contributed by atoms with Gasteiger partial charge < -0.3 is 5.32 Å². The Morgan fingerprint density at radius 3 is 2.52 bits per heavy atom. The maximum absolute atomic E-state index is 12.0. The minimum absolute atomic E-state index is 0.0247. The average Bonchev–Trinajstić information content (AvgIpc) is 2.44. The van der Waals surface area contributed by atoms with Crippen LogP contribution < -0.4 is 10.5 Å². The highest BCUT2D eigenvalue weighted by atomic mass is 79.9. The molecule has 0 fully saturated rings. The maximum atomic E-state index is 12.0. The quantitative estimate of drug-likeness (QED) is 0.864. The first-order valence-electron chi connectivity index (χ1n) is 6.02. The number of carbonyl (C=O) groups is 1. The van der Waals surface area contributed by atoms with Crippen molar-refractivity contribution in [2.24, 2.45) is 5.14 Å². The lowest BCUT2D eigenvalue weighted by molar-refractivity contribution is 0.0951. The highest BCUT2D eigenvalue weighted by molar-refractivity contribution is 9.10. The maximum Gasteiger partial charge on any atom is 0.251 e. The van der Waals surface area contributed by atoms with Crippen LogP contribution in [0.25, 0.3) is 0 Å². The molecule has 0 saturated carbocycles. The van der Waals surface area contributed by atoms with Crippen molar-refractivity contribution in [3.05, 3.63) is 64.1 Å². The van der Waals surface area contributed by atoms with E-state index in [0.717, 1.165) is 4.47 Å². The Morgan fingerprint density at radius 2 is 1.86 bits per heavy atom. The molecule has 7 heteroatoms. The fourth-order valence-electron chi connectivity index (χ4n) is 1.75. The molecule has 1 amide bonds. The van der Waals surface area contributed by atoms with Gasteiger partial charge >= 0.3 is 0 Å². The van der Waals surface area contributed by atoms with Crippen molar-refractivity contribution in [3.63, 3.8) is 0 Å². The van der Waals surface area contributed by atoms with Gasteiger partial charge in [-0.15, -0.1) is 0 Å². The molecular formula is C14H13BrN2O3S. The zero-order valence-corrected chi connectivity index (χ0v) is 13.3. The molecule has 21 heavy (non-hydrogen) atoms. The van der Waals surface area contributed by atoms with Crippen LogP contribution in [0.15, 0.2) is 57.9 Å². The van der Waals surface area contributed by atoms with Crippen LogP contribution in [-0.2, 0) is 16.6 Å². The van der Waals surface area contributed by atoms with Gasteiger partial charge in [0, 0.05) is 16.6 Å². The van der Waals surface area contributed by atoms with Gasteiger partial charge in [0.2, 0.25) is 10.0 Å². The van der Waals surface area contributed by atoms with Crippen LogP contribution in [0, 0.1) is 0 Å². The van der Waals surface area contributed by atoms with Gasteiger partial charge in [-0.05, 0) is 35.9 Å². The van der Waals surface area contributed by atoms with Crippen LogP contribution in [0.2, 0.25) is 0 Å². The third-order valence-corrected chi connectivity index (χ3v) is 4.17. The molecule has 0 aliphatic carbocycles. The van der Waals surface area contributed by atoms with Crippen molar-refractivity contribution in [2.75, 3.05) is 0 Å². The lowest BCUT2D eigenvalue weighted by Crippen LogP contribution is -2.23. The number of amides is 1. The van der Waals surface area contributed by atoms with Gasteiger partial charge in [0.15, 0.2) is 0 Å². The number of sulfonamides is 1. The summed E-state index contributed by atoms with van der Waals surface area (Å²) in [6, 6.07) is 13.1. The number of nitrogens with one attached hydrogen (secondary N) is 1. The number of benzene rings is 2. The third-order valence-electron chi connectivity index (χ3n) is 2.77. The fraction of sp³-hybridized carbons (Fsp3) is 0.0714. The van der Waals surface area contributed by atoms with Gasteiger partial charge in [-0.3, -0.25) is 4.79 Å². The first-order valence-corrected chi connectivity index (χ1v) is 8.36. The van der Waals surface area contributed by atoms with Gasteiger partial charge in [-0.1, -0.05) is 34.1 Å². The van der Waals surface area contributed by atoms with E-state index in [-0.39, 0.29) is 17.3 Å². The second-order valence-electron chi connectivity index (χ2n) is 4.39. The van der Waals surface area contributed by atoms with E-state index in [1.807, 2.05) is 6.07 Å². The molecule has 0 aliphatic heterocycles. The van der Waals surface area contributed by atoms with Gasteiger partial charge in [0.05, 0.1) is 4.90 Å². The lowest BCUT2D eigenvalue weighted by Gasteiger charge is -2.07. The van der Waals surface area contributed by atoms with Gasteiger partial charge in [-0.25, -0.2) is 13.6 Å². The molecule has 0 heterocycles. The van der Waals surface area contributed by atoms with Gasteiger partial charge in [0.1, 0.15) is 0 Å². The third kappa shape index (κ3) is 4.38. The molecule has 2 aromatic rings. The fourth-order valence-corrected chi connectivity index (χ4v) is 2.73. The van der Waals surface area contributed by atoms with Crippen LogP contribution in [0.3, 0.4) is 0 Å². The summed E-state index contributed by atoms with van der Waals surface area (Å²) in [5.74, 6) is -0.239. The Morgan fingerprint density at radius 1 is 1.14 bits per heavy atom. The molecule has 2 aromatic carbocycles. The minimum atomic E-state index is -3.74. The molecule has 0 spiro atoms. The zero-order valence-electron chi connectivity index (χ0n) is 10.9. The van der Waals surface area contributed by atoms with Crippen molar-refractivity contribution < 1.29 is 13.2 Å². The summed E-state index contributed by atoms with van der Waals surface area (Å²) >= 11 is 3.30. The van der Waals surface area contributed by atoms with Gasteiger partial charge in [-0.2, -0.15) is 0 Å². The van der Waals surface area contributed by atoms with E-state index in [4.69, 9.17) is 5.14 Å². The van der Waals surface area contributed by atoms with E-state index < -0.39 is 10.0 Å². The van der Waals surface area contributed by atoms with Crippen LogP contribution >= 0.6 is 15.9 Å². The number of primary sulfonamides is 1. The van der Waals surface area contributed by atoms with Crippen LogP contribution in [0.5, 0.6) is 0 Å². The Kier molecular flexibility index (Phi) is 4.76. The smallest absolute Gasteiger partial charge is 0.251 e. The van der Waals surface area contributed by atoms with Crippen molar-refractivity contribution in [1.82, 2.24) is 5.32 Å². The molecule has 0 aliphatic rings. The SMILES string of the molecule is NS(=O)(=O)c1cccc(CNC(=O)c2cccc(Br)c2)c1. The molecule has 0 bridgehead atoms. The summed E-state index contributed by atoms with van der Waals surface area (Å²) < 4.78 is 23.3. The predicted molar refractivity (Wildman–Crippen MR) is 83.1 cm³/mol. The first-order chi connectivity index (χ1) is 9.86. The topological polar surface area (TPSA) is 89.3 Å². The molecule has 2 rings (SSSR count). The summed E-state index contributed by atoms with van der Waals surface area (Å²) in [6.07, 6.45) is 0. The molecule has 0 atom stereocenters. The number of rotatable bonds is 4. The van der Waals surface area contributed by atoms with Crippen LogP contribution in [0.4, 0.5) is 0 Å². The highest BCUT2D eigenvalue weighted by Crippen LogP contribution is 2.12. The Labute approximate surface area is 131 Å². The molecule has 110 valence electrons. The molecule has 0 saturated heterocycles. The molecule has 0 aromatic heterocycles. The minimum Gasteiger partial charge on any atom is -0.348 e. The number of hydrogen-bond acceptors (Lipinski definition) is 3. The van der Waals surface area contributed by atoms with Crippen molar-refractivity contribution in [1.29, 1.82) is 0 Å². The largest absolute Gasteiger partial charge is 0.348 e. The number of nitrogens with two attached hydrogens (primary N) is 1. The zero-order chi connectivity index (χ0) is 15.5. The number of hydrogen-bond donors (Lipinski definition) is 2. The summed E-state index contributed by atoms with van der Waals surface area (Å²) in [5.41, 5.74) is 1.18. The number of halogens is 1. The molecule has 3 N–H and O–H groups in total. The first kappa shape index (κ1) is 15.7.